The van der Waals surface area contributed by atoms with Crippen LogP contribution in [0.4, 0.5) is 5.82 Å². The second-order valence-electron chi connectivity index (χ2n) is 3.42. The molecule has 0 aliphatic heterocycles. The first-order valence-electron chi connectivity index (χ1n) is 4.97. The van der Waals surface area contributed by atoms with Crippen molar-refractivity contribution in [3.05, 3.63) is 36.5 Å². The van der Waals surface area contributed by atoms with Gasteiger partial charge in [0, 0.05) is 23.9 Å². The second-order valence-corrected chi connectivity index (χ2v) is 3.42. The van der Waals surface area contributed by atoms with E-state index in [1.807, 2.05) is 35.9 Å². The van der Waals surface area contributed by atoms with Gasteiger partial charge in [-0.05, 0) is 19.1 Å². The highest BCUT2D eigenvalue weighted by molar-refractivity contribution is 5.78. The van der Waals surface area contributed by atoms with Gasteiger partial charge in [-0.1, -0.05) is 18.2 Å². The van der Waals surface area contributed by atoms with Gasteiger partial charge in [-0.15, -0.1) is 0 Å². The summed E-state index contributed by atoms with van der Waals surface area (Å²) >= 11 is 0. The Morgan fingerprint density at radius 1 is 1.20 bits per heavy atom. The summed E-state index contributed by atoms with van der Waals surface area (Å²) in [5.74, 6) is 0.956. The van der Waals surface area contributed by atoms with Gasteiger partial charge in [0.25, 0.3) is 0 Å². The van der Waals surface area contributed by atoms with E-state index >= 15 is 0 Å². The molecule has 78 valence electrons. The van der Waals surface area contributed by atoms with Crippen LogP contribution in [0.5, 0.6) is 5.75 Å². The number of aromatic hydroxyl groups is 1. The molecule has 3 N–H and O–H groups in total. The molecule has 15 heavy (non-hydrogen) atoms. The molecule has 0 radical (unpaired) electrons. The number of nitrogens with two attached hydrogens (primary N) is 1. The van der Waals surface area contributed by atoms with E-state index < -0.39 is 0 Å². The molecule has 2 rings (SSSR count). The third kappa shape index (κ3) is 1.56. The molecule has 1 heterocycles. The monoisotopic (exact) mass is 202 g/mol. The molecule has 3 nitrogen and oxygen atoms in total. The Hall–Kier alpha value is -1.90. The van der Waals surface area contributed by atoms with Crippen LogP contribution in [0.1, 0.15) is 6.92 Å². The first-order valence-corrected chi connectivity index (χ1v) is 4.97. The van der Waals surface area contributed by atoms with Gasteiger partial charge in [-0.25, -0.2) is 0 Å². The number of nitrogens with zero attached hydrogens (tertiary/aromatic N) is 1. The average molecular weight is 202 g/mol. The molecule has 2 aromatic rings. The number of benzene rings is 1. The number of rotatable bonds is 2. The maximum Gasteiger partial charge on any atom is 0.123 e. The first kappa shape index (κ1) is 9.65. The number of anilines is 1. The van der Waals surface area contributed by atoms with E-state index in [2.05, 4.69) is 0 Å². The van der Waals surface area contributed by atoms with Gasteiger partial charge in [-0.2, -0.15) is 0 Å². The summed E-state index contributed by atoms with van der Waals surface area (Å²) in [4.78, 5) is 0. The molecule has 0 atom stereocenters. The molecule has 0 unspecified atom stereocenters. The van der Waals surface area contributed by atoms with Gasteiger partial charge in [0.05, 0.1) is 0 Å². The molecule has 0 aliphatic carbocycles. The van der Waals surface area contributed by atoms with Crippen LogP contribution in [0.3, 0.4) is 0 Å². The summed E-state index contributed by atoms with van der Waals surface area (Å²) < 4.78 is 1.95. The van der Waals surface area contributed by atoms with Crippen LogP contribution >= 0.6 is 0 Å². The summed E-state index contributed by atoms with van der Waals surface area (Å²) in [6.07, 6.45) is 1.93. The van der Waals surface area contributed by atoms with Crippen LogP contribution in [0.2, 0.25) is 0 Å². The van der Waals surface area contributed by atoms with Gasteiger partial charge in [0.2, 0.25) is 0 Å². The minimum atomic E-state index is 0.262. The standard InChI is InChI=1S/C12H14N2O/c1-2-14-8-7-10(12(14)13)9-5-3-4-6-11(9)15/h3-8,15H,2,13H2,1H3. The lowest BCUT2D eigenvalue weighted by Crippen LogP contribution is -1.99. The Bertz CT molecular complexity index is 474. The Kier molecular flexibility index (Phi) is 2.37. The number of hydrogen-bond acceptors (Lipinski definition) is 2. The zero-order valence-electron chi connectivity index (χ0n) is 8.64. The van der Waals surface area contributed by atoms with E-state index in [0.717, 1.165) is 17.7 Å². The summed E-state index contributed by atoms with van der Waals surface area (Å²) in [5.41, 5.74) is 7.63. The van der Waals surface area contributed by atoms with Crippen molar-refractivity contribution >= 4 is 5.82 Å². The average Bonchev–Trinajstić information content (AvgIpc) is 2.60. The lowest BCUT2D eigenvalue weighted by atomic mass is 10.1. The number of phenols is 1. The van der Waals surface area contributed by atoms with Crippen molar-refractivity contribution in [3.8, 4) is 16.9 Å². The molecule has 0 fully saturated rings. The number of aromatic nitrogens is 1. The molecule has 1 aromatic carbocycles. The van der Waals surface area contributed by atoms with Crippen LogP contribution in [0.25, 0.3) is 11.1 Å². The molecule has 0 aliphatic rings. The van der Waals surface area contributed by atoms with Crippen molar-refractivity contribution in [3.63, 3.8) is 0 Å². The number of aryl methyl sites for hydroxylation is 1. The highest BCUT2D eigenvalue weighted by atomic mass is 16.3. The zero-order chi connectivity index (χ0) is 10.8. The third-order valence-corrected chi connectivity index (χ3v) is 2.54. The van der Waals surface area contributed by atoms with E-state index in [0.29, 0.717) is 5.82 Å². The molecule has 0 saturated carbocycles. The summed E-state index contributed by atoms with van der Waals surface area (Å²) in [7, 11) is 0. The van der Waals surface area contributed by atoms with E-state index in [4.69, 9.17) is 5.73 Å². The van der Waals surface area contributed by atoms with Crippen LogP contribution in [-0.4, -0.2) is 9.67 Å². The first-order chi connectivity index (χ1) is 7.24. The minimum absolute atomic E-state index is 0.262. The maximum absolute atomic E-state index is 9.71. The van der Waals surface area contributed by atoms with Crippen LogP contribution in [0, 0.1) is 0 Å². The molecular formula is C12H14N2O. The predicted octanol–water partition coefficient (Wildman–Crippen LogP) is 2.46. The fourth-order valence-electron chi connectivity index (χ4n) is 1.69. The van der Waals surface area contributed by atoms with Crippen LogP contribution < -0.4 is 5.73 Å². The van der Waals surface area contributed by atoms with Gasteiger partial charge in [0.1, 0.15) is 11.6 Å². The number of para-hydroxylation sites is 1. The van der Waals surface area contributed by atoms with Gasteiger partial charge in [-0.3, -0.25) is 0 Å². The third-order valence-electron chi connectivity index (χ3n) is 2.54. The summed E-state index contributed by atoms with van der Waals surface area (Å²) in [5, 5.41) is 9.71. The topological polar surface area (TPSA) is 51.2 Å². The number of phenolic OH excluding ortho intramolecular Hbond substituents is 1. The summed E-state index contributed by atoms with van der Waals surface area (Å²) in [6, 6.07) is 9.14. The highest BCUT2D eigenvalue weighted by Crippen LogP contribution is 2.33. The van der Waals surface area contributed by atoms with Crippen molar-refractivity contribution < 1.29 is 5.11 Å². The normalized spacial score (nSPS) is 10.5. The molecule has 0 saturated heterocycles. The smallest absolute Gasteiger partial charge is 0.123 e. The van der Waals surface area contributed by atoms with Crippen molar-refractivity contribution in [2.75, 3.05) is 5.73 Å². The quantitative estimate of drug-likeness (QED) is 0.786. The molecular weight excluding hydrogens is 188 g/mol. The van der Waals surface area contributed by atoms with E-state index in [9.17, 15) is 5.11 Å². The van der Waals surface area contributed by atoms with Crippen molar-refractivity contribution in [2.24, 2.45) is 0 Å². The van der Waals surface area contributed by atoms with Gasteiger partial charge >= 0.3 is 0 Å². The fraction of sp³-hybridized carbons (Fsp3) is 0.167. The van der Waals surface area contributed by atoms with Gasteiger partial charge in [0.15, 0.2) is 0 Å². The SMILES string of the molecule is CCn1ccc(-c2ccccc2O)c1N. The molecule has 0 bridgehead atoms. The molecule has 0 amide bonds. The highest BCUT2D eigenvalue weighted by Gasteiger charge is 2.09. The number of nitrogen functional groups attached to an aromatic ring is 1. The Morgan fingerprint density at radius 3 is 2.53 bits per heavy atom. The fourth-order valence-corrected chi connectivity index (χ4v) is 1.69. The minimum Gasteiger partial charge on any atom is -0.507 e. The zero-order valence-corrected chi connectivity index (χ0v) is 8.64. The van der Waals surface area contributed by atoms with E-state index in [-0.39, 0.29) is 5.75 Å². The largest absolute Gasteiger partial charge is 0.507 e. The lowest BCUT2D eigenvalue weighted by Gasteiger charge is -2.05. The van der Waals surface area contributed by atoms with Crippen LogP contribution in [0.15, 0.2) is 36.5 Å². The Labute approximate surface area is 88.8 Å². The molecule has 0 spiro atoms. The second kappa shape index (κ2) is 3.69. The molecule has 3 heteroatoms. The van der Waals surface area contributed by atoms with E-state index in [1.54, 1.807) is 12.1 Å². The lowest BCUT2D eigenvalue weighted by molar-refractivity contribution is 0.477. The maximum atomic E-state index is 9.71. The Morgan fingerprint density at radius 2 is 1.93 bits per heavy atom. The van der Waals surface area contributed by atoms with Crippen molar-refractivity contribution in [1.29, 1.82) is 0 Å². The predicted molar refractivity (Wildman–Crippen MR) is 61.6 cm³/mol. The van der Waals surface area contributed by atoms with Crippen LogP contribution in [-0.2, 0) is 6.54 Å². The van der Waals surface area contributed by atoms with Crippen molar-refractivity contribution in [2.45, 2.75) is 13.5 Å². The number of hydrogen-bond donors (Lipinski definition) is 2. The van der Waals surface area contributed by atoms with E-state index in [1.165, 1.54) is 0 Å². The van der Waals surface area contributed by atoms with Crippen molar-refractivity contribution in [1.82, 2.24) is 4.57 Å². The summed E-state index contributed by atoms with van der Waals surface area (Å²) in [6.45, 7) is 2.87. The Balaban J connectivity index is 2.55. The van der Waals surface area contributed by atoms with Gasteiger partial charge < -0.3 is 15.4 Å². The molecule has 1 aromatic heterocycles.